The quantitative estimate of drug-likeness (QED) is 0.152. The third-order valence-corrected chi connectivity index (χ3v) is 12.7. The van der Waals surface area contributed by atoms with Crippen molar-refractivity contribution in [1.82, 2.24) is 0 Å². The van der Waals surface area contributed by atoms with Gasteiger partial charge in [0.05, 0.1) is 5.69 Å². The second-order valence-corrected chi connectivity index (χ2v) is 16.5. The van der Waals surface area contributed by atoms with Crippen LogP contribution in [0.1, 0.15) is 0 Å². The monoisotopic (exact) mass is 815 g/mol. The number of fused-ring (bicyclic) bond motifs is 5. The third kappa shape index (κ3) is 6.70. The van der Waals surface area contributed by atoms with E-state index in [-0.39, 0.29) is 0 Å². The number of hydrogen-bond donors (Lipinski definition) is 0. The fraction of sp³-hybridized carbons (Fsp3) is 0. The molecule has 0 unspecified atom stereocenters. The molecule has 0 saturated heterocycles. The number of hydrogen-bond acceptors (Lipinski definition) is 2. The molecule has 1 heterocycles. The highest BCUT2D eigenvalue weighted by atomic mass is 16.3. The van der Waals surface area contributed by atoms with Crippen LogP contribution in [0.2, 0.25) is 0 Å². The maximum absolute atomic E-state index is 6.23. The maximum atomic E-state index is 6.23. The molecule has 12 aromatic rings. The lowest BCUT2D eigenvalue weighted by Crippen LogP contribution is -2.11. The predicted octanol–water partition coefficient (Wildman–Crippen LogP) is 17.7. The second-order valence-electron chi connectivity index (χ2n) is 16.5. The highest BCUT2D eigenvalue weighted by molar-refractivity contribution is 6.06. The predicted molar refractivity (Wildman–Crippen MR) is 271 cm³/mol. The molecular formula is C62H41NO. The lowest BCUT2D eigenvalue weighted by Gasteiger charge is -2.29. The van der Waals surface area contributed by atoms with Gasteiger partial charge in [-0.1, -0.05) is 194 Å². The summed E-state index contributed by atoms with van der Waals surface area (Å²) < 4.78 is 6.23. The Morgan fingerprint density at radius 2 is 0.766 bits per heavy atom. The van der Waals surface area contributed by atoms with Crippen LogP contribution in [0.15, 0.2) is 253 Å². The van der Waals surface area contributed by atoms with E-state index in [1.165, 1.54) is 43.8 Å². The van der Waals surface area contributed by atoms with Crippen molar-refractivity contribution in [3.63, 3.8) is 0 Å². The first-order chi connectivity index (χ1) is 31.7. The van der Waals surface area contributed by atoms with E-state index in [2.05, 4.69) is 241 Å². The van der Waals surface area contributed by atoms with Crippen LogP contribution in [0, 0.1) is 0 Å². The van der Waals surface area contributed by atoms with Gasteiger partial charge in [0.25, 0.3) is 0 Å². The van der Waals surface area contributed by atoms with Gasteiger partial charge < -0.3 is 9.32 Å². The first-order valence-corrected chi connectivity index (χ1v) is 21.9. The molecule has 0 aliphatic carbocycles. The summed E-state index contributed by atoms with van der Waals surface area (Å²) in [6.45, 7) is 0. The van der Waals surface area contributed by atoms with Crippen LogP contribution in [-0.4, -0.2) is 0 Å². The van der Waals surface area contributed by atoms with Crippen molar-refractivity contribution in [2.45, 2.75) is 0 Å². The number of nitrogens with zero attached hydrogens (tertiary/aromatic N) is 1. The minimum Gasteiger partial charge on any atom is -0.456 e. The van der Waals surface area contributed by atoms with Gasteiger partial charge in [-0.25, -0.2) is 0 Å². The number of benzene rings is 11. The van der Waals surface area contributed by atoms with Crippen molar-refractivity contribution in [3.8, 4) is 55.6 Å². The van der Waals surface area contributed by atoms with E-state index in [1.807, 2.05) is 12.1 Å². The lowest BCUT2D eigenvalue weighted by atomic mass is 9.93. The van der Waals surface area contributed by atoms with Gasteiger partial charge in [0.1, 0.15) is 11.2 Å². The molecule has 0 radical (unpaired) electrons. The molecule has 0 atom stereocenters. The normalized spacial score (nSPS) is 11.4. The Morgan fingerprint density at radius 3 is 1.52 bits per heavy atom. The minimum absolute atomic E-state index is 0.892. The number of para-hydroxylation sites is 1. The molecule has 0 bridgehead atoms. The summed E-state index contributed by atoms with van der Waals surface area (Å²) in [5.74, 6) is 0. The summed E-state index contributed by atoms with van der Waals surface area (Å²) in [6, 6.07) is 89.9. The van der Waals surface area contributed by atoms with Crippen LogP contribution < -0.4 is 4.90 Å². The van der Waals surface area contributed by atoms with Crippen molar-refractivity contribution in [1.29, 1.82) is 0 Å². The van der Waals surface area contributed by atoms with Crippen LogP contribution in [0.3, 0.4) is 0 Å². The molecule has 0 saturated carbocycles. The average molecular weight is 816 g/mol. The molecule has 300 valence electrons. The van der Waals surface area contributed by atoms with Gasteiger partial charge in [-0.3, -0.25) is 0 Å². The molecule has 11 aromatic carbocycles. The van der Waals surface area contributed by atoms with E-state index in [9.17, 15) is 0 Å². The molecule has 0 aliphatic heterocycles. The molecule has 0 spiro atoms. The number of rotatable bonds is 8. The van der Waals surface area contributed by atoms with Gasteiger partial charge in [0, 0.05) is 27.7 Å². The topological polar surface area (TPSA) is 16.4 Å². The third-order valence-electron chi connectivity index (χ3n) is 12.7. The van der Waals surface area contributed by atoms with Gasteiger partial charge in [0.2, 0.25) is 0 Å². The Morgan fingerprint density at radius 1 is 0.250 bits per heavy atom. The standard InChI is InChI=1S/C62H41NO/c1-2-14-45(15-3-1)57-36-32-50(56-28-13-19-44-17-5-7-25-54(44)56)41-60(57)63(52-23-11-21-47(39-52)48-33-37-62-59(40-48)58-26-8-9-29-61(58)64-62)51-34-30-42(31-35-51)46-20-10-22-49(38-46)55-27-12-18-43-16-4-6-24-53(43)55/h1-41H. The molecule has 0 aliphatic rings. The van der Waals surface area contributed by atoms with E-state index in [1.54, 1.807) is 0 Å². The highest BCUT2D eigenvalue weighted by Gasteiger charge is 2.20. The highest BCUT2D eigenvalue weighted by Crippen LogP contribution is 2.45. The fourth-order valence-electron chi connectivity index (χ4n) is 9.53. The van der Waals surface area contributed by atoms with E-state index in [0.29, 0.717) is 0 Å². The first-order valence-electron chi connectivity index (χ1n) is 21.9. The first kappa shape index (κ1) is 37.3. The van der Waals surface area contributed by atoms with Crippen molar-refractivity contribution >= 4 is 60.5 Å². The summed E-state index contributed by atoms with van der Waals surface area (Å²) in [7, 11) is 0. The zero-order valence-corrected chi connectivity index (χ0v) is 35.0. The Balaban J connectivity index is 1.03. The summed E-state index contributed by atoms with van der Waals surface area (Å²) in [5, 5.41) is 7.19. The van der Waals surface area contributed by atoms with Crippen LogP contribution in [-0.2, 0) is 0 Å². The second kappa shape index (κ2) is 15.8. The molecular weight excluding hydrogens is 775 g/mol. The molecule has 0 fully saturated rings. The van der Waals surface area contributed by atoms with E-state index >= 15 is 0 Å². The molecule has 2 nitrogen and oxygen atoms in total. The summed E-state index contributed by atoms with van der Waals surface area (Å²) >= 11 is 0. The fourth-order valence-corrected chi connectivity index (χ4v) is 9.53. The molecule has 0 amide bonds. The minimum atomic E-state index is 0.892. The molecule has 12 rings (SSSR count). The van der Waals surface area contributed by atoms with Crippen LogP contribution in [0.25, 0.3) is 99.1 Å². The lowest BCUT2D eigenvalue weighted by molar-refractivity contribution is 0.669. The SMILES string of the molecule is c1ccc(-c2ccc(-c3cccc4ccccc34)cc2N(c2ccc(-c3cccc(-c4cccc5ccccc45)c3)cc2)c2cccc(-c3ccc4oc5ccccc5c4c3)c2)cc1. The van der Waals surface area contributed by atoms with E-state index < -0.39 is 0 Å². The molecule has 64 heavy (non-hydrogen) atoms. The van der Waals surface area contributed by atoms with Gasteiger partial charge in [-0.2, -0.15) is 0 Å². The Kier molecular flexibility index (Phi) is 9.20. The van der Waals surface area contributed by atoms with Crippen LogP contribution in [0.4, 0.5) is 17.1 Å². The Bertz CT molecular complexity index is 3660. The molecule has 0 N–H and O–H groups in total. The van der Waals surface area contributed by atoms with Gasteiger partial charge in [-0.05, 0) is 126 Å². The van der Waals surface area contributed by atoms with Crippen molar-refractivity contribution in [2.75, 3.05) is 4.90 Å². The van der Waals surface area contributed by atoms with Crippen LogP contribution in [0.5, 0.6) is 0 Å². The maximum Gasteiger partial charge on any atom is 0.135 e. The van der Waals surface area contributed by atoms with Crippen molar-refractivity contribution in [3.05, 3.63) is 249 Å². The molecule has 2 heteroatoms. The van der Waals surface area contributed by atoms with E-state index in [0.717, 1.165) is 72.4 Å². The smallest absolute Gasteiger partial charge is 0.135 e. The average Bonchev–Trinajstić information content (AvgIpc) is 3.75. The van der Waals surface area contributed by atoms with Crippen LogP contribution >= 0.6 is 0 Å². The zero-order chi connectivity index (χ0) is 42.4. The Labute approximate surface area is 372 Å². The van der Waals surface area contributed by atoms with Gasteiger partial charge in [-0.15, -0.1) is 0 Å². The van der Waals surface area contributed by atoms with Crippen molar-refractivity contribution in [2.24, 2.45) is 0 Å². The van der Waals surface area contributed by atoms with Gasteiger partial charge in [0.15, 0.2) is 0 Å². The molecule has 1 aromatic heterocycles. The zero-order valence-electron chi connectivity index (χ0n) is 35.0. The summed E-state index contributed by atoms with van der Waals surface area (Å²) in [4.78, 5) is 2.43. The number of furan rings is 1. The van der Waals surface area contributed by atoms with Crippen molar-refractivity contribution < 1.29 is 4.42 Å². The number of anilines is 3. The largest absolute Gasteiger partial charge is 0.456 e. The van der Waals surface area contributed by atoms with Gasteiger partial charge >= 0.3 is 0 Å². The summed E-state index contributed by atoms with van der Waals surface area (Å²) in [5.41, 5.74) is 16.7. The van der Waals surface area contributed by atoms with E-state index in [4.69, 9.17) is 4.42 Å². The summed E-state index contributed by atoms with van der Waals surface area (Å²) in [6.07, 6.45) is 0. The Hall–Kier alpha value is -8.46.